The maximum atomic E-state index is 6.36. The van der Waals surface area contributed by atoms with Gasteiger partial charge in [0.05, 0.1) is 6.04 Å². The second-order valence-electron chi connectivity index (χ2n) is 5.64. The molecule has 0 bridgehead atoms. The van der Waals surface area contributed by atoms with Crippen molar-refractivity contribution in [3.05, 3.63) is 58.3 Å². The van der Waals surface area contributed by atoms with Gasteiger partial charge in [-0.15, -0.1) is 0 Å². The lowest BCUT2D eigenvalue weighted by molar-refractivity contribution is 0.208. The molecule has 21 heavy (non-hydrogen) atoms. The topological polar surface area (TPSA) is 29.3 Å². The number of nitrogens with zero attached hydrogens (tertiary/aromatic N) is 1. The van der Waals surface area contributed by atoms with E-state index in [1.165, 1.54) is 11.1 Å². The minimum Gasteiger partial charge on any atom is -0.326 e. The van der Waals surface area contributed by atoms with E-state index in [4.69, 9.17) is 5.73 Å². The highest BCUT2D eigenvalue weighted by atomic mass is 32.1. The highest BCUT2D eigenvalue weighted by molar-refractivity contribution is 7.07. The summed E-state index contributed by atoms with van der Waals surface area (Å²) in [5.41, 5.74) is 9.13. The third kappa shape index (κ3) is 4.67. The van der Waals surface area contributed by atoms with Gasteiger partial charge >= 0.3 is 0 Å². The van der Waals surface area contributed by atoms with E-state index in [1.54, 1.807) is 11.3 Å². The molecule has 0 fully saturated rings. The highest BCUT2D eigenvalue weighted by Crippen LogP contribution is 2.26. The van der Waals surface area contributed by atoms with Crippen molar-refractivity contribution in [2.24, 2.45) is 5.73 Å². The van der Waals surface area contributed by atoms with E-state index in [0.29, 0.717) is 6.04 Å². The van der Waals surface area contributed by atoms with Crippen LogP contribution in [-0.2, 0) is 6.42 Å². The molecule has 2 nitrogen and oxygen atoms in total. The Bertz CT molecular complexity index is 495. The van der Waals surface area contributed by atoms with E-state index in [0.717, 1.165) is 25.8 Å². The van der Waals surface area contributed by atoms with Crippen molar-refractivity contribution in [2.75, 3.05) is 13.6 Å². The van der Waals surface area contributed by atoms with E-state index in [1.807, 2.05) is 0 Å². The van der Waals surface area contributed by atoms with Gasteiger partial charge in [0.15, 0.2) is 0 Å². The minimum absolute atomic E-state index is 0.196. The Kier molecular flexibility index (Phi) is 6.43. The predicted molar refractivity (Wildman–Crippen MR) is 92.7 cm³/mol. The Hall–Kier alpha value is -1.16. The van der Waals surface area contributed by atoms with Crippen LogP contribution in [0.15, 0.2) is 47.2 Å². The van der Waals surface area contributed by atoms with Crippen molar-refractivity contribution in [1.82, 2.24) is 4.90 Å². The highest BCUT2D eigenvalue weighted by Gasteiger charge is 2.22. The average molecular weight is 302 g/mol. The summed E-state index contributed by atoms with van der Waals surface area (Å²) >= 11 is 1.75. The summed E-state index contributed by atoms with van der Waals surface area (Å²) in [4.78, 5) is 2.42. The summed E-state index contributed by atoms with van der Waals surface area (Å²) in [5, 5.41) is 4.37. The van der Waals surface area contributed by atoms with Crippen molar-refractivity contribution in [2.45, 2.75) is 38.3 Å². The Labute approximate surface area is 132 Å². The van der Waals surface area contributed by atoms with Gasteiger partial charge in [-0.3, -0.25) is 4.90 Å². The molecular weight excluding hydrogens is 276 g/mol. The molecule has 0 aliphatic carbocycles. The SMILES string of the molecule is CCC(N)C(c1ccsc1)N(C)CCCc1ccccc1. The van der Waals surface area contributed by atoms with Crippen LogP contribution in [-0.4, -0.2) is 24.5 Å². The molecule has 1 aromatic carbocycles. The Morgan fingerprint density at radius 3 is 2.57 bits per heavy atom. The zero-order chi connectivity index (χ0) is 15.1. The van der Waals surface area contributed by atoms with Crippen molar-refractivity contribution in [3.63, 3.8) is 0 Å². The summed E-state index contributed by atoms with van der Waals surface area (Å²) in [7, 11) is 2.20. The maximum Gasteiger partial charge on any atom is 0.0504 e. The van der Waals surface area contributed by atoms with Crippen LogP contribution in [0, 0.1) is 0 Å². The fourth-order valence-electron chi connectivity index (χ4n) is 2.81. The third-order valence-electron chi connectivity index (χ3n) is 4.06. The fraction of sp³-hybridized carbons (Fsp3) is 0.444. The van der Waals surface area contributed by atoms with Gasteiger partial charge in [0.25, 0.3) is 0 Å². The molecule has 0 saturated carbocycles. The van der Waals surface area contributed by atoms with E-state index in [-0.39, 0.29) is 6.04 Å². The molecule has 1 aromatic heterocycles. The normalized spacial score (nSPS) is 14.3. The lowest BCUT2D eigenvalue weighted by Crippen LogP contribution is -2.39. The first kappa shape index (κ1) is 16.2. The molecule has 0 aliphatic heterocycles. The van der Waals surface area contributed by atoms with E-state index >= 15 is 0 Å². The minimum atomic E-state index is 0.196. The number of nitrogens with two attached hydrogens (primary N) is 1. The summed E-state index contributed by atoms with van der Waals surface area (Å²) in [6.45, 7) is 3.24. The smallest absolute Gasteiger partial charge is 0.0504 e. The zero-order valence-corrected chi connectivity index (χ0v) is 13.9. The van der Waals surface area contributed by atoms with Gasteiger partial charge in [-0.25, -0.2) is 0 Å². The van der Waals surface area contributed by atoms with E-state index in [9.17, 15) is 0 Å². The molecule has 0 saturated heterocycles. The number of hydrogen-bond donors (Lipinski definition) is 1. The van der Waals surface area contributed by atoms with Crippen molar-refractivity contribution >= 4 is 11.3 Å². The van der Waals surface area contributed by atoms with Gasteiger partial charge in [-0.2, -0.15) is 11.3 Å². The molecule has 2 aromatic rings. The zero-order valence-electron chi connectivity index (χ0n) is 13.0. The van der Waals surface area contributed by atoms with Crippen LogP contribution in [0.2, 0.25) is 0 Å². The van der Waals surface area contributed by atoms with E-state index < -0.39 is 0 Å². The van der Waals surface area contributed by atoms with Crippen LogP contribution < -0.4 is 5.73 Å². The Morgan fingerprint density at radius 1 is 1.19 bits per heavy atom. The predicted octanol–water partition coefficient (Wildman–Crippen LogP) is 4.09. The summed E-state index contributed by atoms with van der Waals surface area (Å²) < 4.78 is 0. The number of benzene rings is 1. The van der Waals surface area contributed by atoms with Crippen LogP contribution in [0.5, 0.6) is 0 Å². The summed E-state index contributed by atoms with van der Waals surface area (Å²) in [6.07, 6.45) is 3.30. The molecule has 2 rings (SSSR count). The number of aryl methyl sites for hydroxylation is 1. The molecule has 3 heteroatoms. The van der Waals surface area contributed by atoms with Crippen LogP contribution >= 0.6 is 11.3 Å². The monoisotopic (exact) mass is 302 g/mol. The van der Waals surface area contributed by atoms with Gasteiger partial charge in [-0.1, -0.05) is 37.3 Å². The Morgan fingerprint density at radius 2 is 1.95 bits per heavy atom. The summed E-state index contributed by atoms with van der Waals surface area (Å²) in [6, 6.07) is 13.4. The van der Waals surface area contributed by atoms with Crippen LogP contribution in [0.3, 0.4) is 0 Å². The third-order valence-corrected chi connectivity index (χ3v) is 4.76. The number of rotatable bonds is 8. The first-order valence-corrected chi connectivity index (χ1v) is 8.68. The molecule has 2 atom stereocenters. The van der Waals surface area contributed by atoms with E-state index in [2.05, 4.69) is 66.0 Å². The molecule has 0 amide bonds. The summed E-state index contributed by atoms with van der Waals surface area (Å²) in [5.74, 6) is 0. The maximum absolute atomic E-state index is 6.36. The molecule has 1 heterocycles. The van der Waals surface area contributed by atoms with Gasteiger partial charge < -0.3 is 5.73 Å². The van der Waals surface area contributed by atoms with Crippen LogP contribution in [0.1, 0.15) is 36.9 Å². The molecule has 2 N–H and O–H groups in total. The molecule has 114 valence electrons. The van der Waals surface area contributed by atoms with Gasteiger partial charge in [0.2, 0.25) is 0 Å². The quantitative estimate of drug-likeness (QED) is 0.796. The van der Waals surface area contributed by atoms with Gasteiger partial charge in [0, 0.05) is 6.04 Å². The number of likely N-dealkylation sites (N-methyl/N-ethyl adjacent to an activating group) is 1. The largest absolute Gasteiger partial charge is 0.326 e. The van der Waals surface area contributed by atoms with Crippen molar-refractivity contribution in [1.29, 1.82) is 0 Å². The molecular formula is C18H26N2S. The molecule has 2 unspecified atom stereocenters. The second kappa shape index (κ2) is 8.32. The number of thiophene rings is 1. The van der Waals surface area contributed by atoms with Gasteiger partial charge in [0.1, 0.15) is 0 Å². The first-order chi connectivity index (χ1) is 10.2. The van der Waals surface area contributed by atoms with Gasteiger partial charge in [-0.05, 0) is 60.8 Å². The fourth-order valence-corrected chi connectivity index (χ4v) is 3.50. The van der Waals surface area contributed by atoms with Crippen LogP contribution in [0.25, 0.3) is 0 Å². The second-order valence-corrected chi connectivity index (χ2v) is 6.42. The van der Waals surface area contributed by atoms with Crippen LogP contribution in [0.4, 0.5) is 0 Å². The lowest BCUT2D eigenvalue weighted by atomic mass is 9.98. The standard InChI is InChI=1S/C18H26N2S/c1-3-17(19)18(16-11-13-21-14-16)20(2)12-7-10-15-8-5-4-6-9-15/h4-6,8-9,11,13-14,17-18H,3,7,10,12,19H2,1-2H3. The molecule has 0 aliphatic rings. The Balaban J connectivity index is 1.91. The molecule has 0 radical (unpaired) electrons. The molecule has 0 spiro atoms. The van der Waals surface area contributed by atoms with Crippen molar-refractivity contribution < 1.29 is 0 Å². The average Bonchev–Trinajstić information content (AvgIpc) is 3.02. The number of hydrogen-bond acceptors (Lipinski definition) is 3. The lowest BCUT2D eigenvalue weighted by Gasteiger charge is -2.32. The van der Waals surface area contributed by atoms with Crippen molar-refractivity contribution in [3.8, 4) is 0 Å². The first-order valence-electron chi connectivity index (χ1n) is 7.74.